The van der Waals surface area contributed by atoms with Crippen LogP contribution in [0.1, 0.15) is 23.6 Å². The van der Waals surface area contributed by atoms with E-state index >= 15 is 0 Å². The molecule has 0 spiro atoms. The van der Waals surface area contributed by atoms with Crippen LogP contribution in [0.2, 0.25) is 0 Å². The van der Waals surface area contributed by atoms with Gasteiger partial charge >= 0.3 is 0 Å². The molecule has 156 valence electrons. The molecule has 0 bridgehead atoms. The lowest BCUT2D eigenvalue weighted by atomic mass is 9.92. The first-order chi connectivity index (χ1) is 14.5. The van der Waals surface area contributed by atoms with Gasteiger partial charge in [-0.05, 0) is 59.7 Å². The number of aliphatic hydroxyl groups is 1. The molecule has 0 saturated heterocycles. The molecule has 0 aromatic heterocycles. The van der Waals surface area contributed by atoms with Crippen LogP contribution in [-0.2, 0) is 22.6 Å². The molecule has 3 aromatic carbocycles. The van der Waals surface area contributed by atoms with E-state index in [-0.39, 0.29) is 12.4 Å². The van der Waals surface area contributed by atoms with E-state index in [2.05, 4.69) is 6.58 Å². The van der Waals surface area contributed by atoms with E-state index < -0.39 is 0 Å². The third-order valence-corrected chi connectivity index (χ3v) is 4.86. The molecule has 3 aromatic rings. The first-order valence-electron chi connectivity index (χ1n) is 10.0. The molecule has 0 radical (unpaired) electrons. The van der Waals surface area contributed by atoms with Gasteiger partial charge in [0, 0.05) is 18.6 Å². The van der Waals surface area contributed by atoms with Crippen LogP contribution in [0.5, 0.6) is 0 Å². The van der Waals surface area contributed by atoms with Crippen LogP contribution >= 0.6 is 0 Å². The SMILES string of the molecule is C=C(C)OOCCc1cc(-c2ccc(C)cc2F)ccc1-c1ccc(CCO)cc1. The van der Waals surface area contributed by atoms with Crippen LogP contribution in [0.15, 0.2) is 73.0 Å². The fourth-order valence-corrected chi connectivity index (χ4v) is 3.38. The zero-order chi connectivity index (χ0) is 21.5. The van der Waals surface area contributed by atoms with E-state index in [1.54, 1.807) is 13.0 Å². The van der Waals surface area contributed by atoms with Gasteiger partial charge in [0.25, 0.3) is 0 Å². The van der Waals surface area contributed by atoms with E-state index in [0.29, 0.717) is 30.8 Å². The molecule has 4 heteroatoms. The molecule has 30 heavy (non-hydrogen) atoms. The third-order valence-electron chi connectivity index (χ3n) is 4.86. The number of benzene rings is 3. The van der Waals surface area contributed by atoms with Crippen molar-refractivity contribution in [3.05, 3.63) is 95.5 Å². The highest BCUT2D eigenvalue weighted by atomic mass is 19.1. The normalized spacial score (nSPS) is 10.8. The average Bonchev–Trinajstić information content (AvgIpc) is 2.72. The van der Waals surface area contributed by atoms with Crippen LogP contribution in [-0.4, -0.2) is 18.3 Å². The Morgan fingerprint density at radius 2 is 1.63 bits per heavy atom. The van der Waals surface area contributed by atoms with Gasteiger partial charge in [0.1, 0.15) is 11.6 Å². The number of hydrogen-bond donors (Lipinski definition) is 1. The van der Waals surface area contributed by atoms with Crippen molar-refractivity contribution in [3.8, 4) is 22.3 Å². The van der Waals surface area contributed by atoms with Crippen LogP contribution in [0, 0.1) is 12.7 Å². The van der Waals surface area contributed by atoms with E-state index in [1.165, 1.54) is 0 Å². The highest BCUT2D eigenvalue weighted by Crippen LogP contribution is 2.31. The maximum atomic E-state index is 14.5. The molecule has 0 unspecified atom stereocenters. The van der Waals surface area contributed by atoms with Crippen molar-refractivity contribution >= 4 is 0 Å². The van der Waals surface area contributed by atoms with Crippen molar-refractivity contribution in [1.82, 2.24) is 0 Å². The number of rotatable bonds is 9. The molecular formula is C26H27FO3. The molecule has 1 N–H and O–H groups in total. The van der Waals surface area contributed by atoms with Gasteiger partial charge in [-0.3, -0.25) is 0 Å². The van der Waals surface area contributed by atoms with Gasteiger partial charge < -0.3 is 9.99 Å². The Bertz CT molecular complexity index is 1010. The van der Waals surface area contributed by atoms with Gasteiger partial charge in [-0.15, -0.1) is 0 Å². The maximum absolute atomic E-state index is 14.5. The Labute approximate surface area is 177 Å². The second-order valence-corrected chi connectivity index (χ2v) is 7.38. The molecule has 3 rings (SSSR count). The summed E-state index contributed by atoms with van der Waals surface area (Å²) in [5.74, 6) is 0.258. The predicted molar refractivity (Wildman–Crippen MR) is 118 cm³/mol. The Morgan fingerprint density at radius 1 is 0.933 bits per heavy atom. The Hall–Kier alpha value is -2.95. The molecule has 0 aliphatic carbocycles. The van der Waals surface area contributed by atoms with E-state index in [0.717, 1.165) is 33.4 Å². The zero-order valence-electron chi connectivity index (χ0n) is 17.5. The zero-order valence-corrected chi connectivity index (χ0v) is 17.5. The van der Waals surface area contributed by atoms with Crippen LogP contribution < -0.4 is 0 Å². The molecule has 0 atom stereocenters. The summed E-state index contributed by atoms with van der Waals surface area (Å²) in [5, 5.41) is 9.13. The average molecular weight is 406 g/mol. The van der Waals surface area contributed by atoms with Gasteiger partial charge in [-0.25, -0.2) is 4.39 Å². The molecule has 0 heterocycles. The molecule has 0 aliphatic rings. The smallest absolute Gasteiger partial charge is 0.132 e. The quantitative estimate of drug-likeness (QED) is 0.204. The van der Waals surface area contributed by atoms with E-state index in [9.17, 15) is 4.39 Å². The predicted octanol–water partition coefficient (Wildman–Crippen LogP) is 6.03. The fourth-order valence-electron chi connectivity index (χ4n) is 3.38. The van der Waals surface area contributed by atoms with E-state index in [1.807, 2.05) is 61.5 Å². The van der Waals surface area contributed by atoms with Crippen molar-refractivity contribution in [3.63, 3.8) is 0 Å². The minimum atomic E-state index is -0.232. The fraction of sp³-hybridized carbons (Fsp3) is 0.231. The van der Waals surface area contributed by atoms with Crippen LogP contribution in [0.4, 0.5) is 4.39 Å². The molecule has 3 nitrogen and oxygen atoms in total. The lowest BCUT2D eigenvalue weighted by Crippen LogP contribution is -2.01. The Kier molecular flexibility index (Phi) is 7.39. The topological polar surface area (TPSA) is 38.7 Å². The molecule has 0 amide bonds. The summed E-state index contributed by atoms with van der Waals surface area (Å²) in [5.41, 5.74) is 6.52. The number of aryl methyl sites for hydroxylation is 1. The summed E-state index contributed by atoms with van der Waals surface area (Å²) in [7, 11) is 0. The standard InChI is InChI=1S/C26H27FO3/c1-18(2)30-29-15-13-23-17-22(25-10-4-19(3)16-26(25)27)9-11-24(23)21-7-5-20(6-8-21)12-14-28/h4-11,16-17,28H,1,12-15H2,2-3H3. The number of halogens is 1. The third kappa shape index (κ3) is 5.56. The van der Waals surface area contributed by atoms with Gasteiger partial charge in [0.05, 0.1) is 6.61 Å². The van der Waals surface area contributed by atoms with Gasteiger partial charge in [-0.2, -0.15) is 4.89 Å². The number of allylic oxidation sites excluding steroid dienone is 1. The minimum absolute atomic E-state index is 0.126. The monoisotopic (exact) mass is 406 g/mol. The molecule has 0 fully saturated rings. The second-order valence-electron chi connectivity index (χ2n) is 7.38. The van der Waals surface area contributed by atoms with Crippen molar-refractivity contribution in [2.75, 3.05) is 13.2 Å². The van der Waals surface area contributed by atoms with Crippen molar-refractivity contribution in [2.24, 2.45) is 0 Å². The summed E-state index contributed by atoms with van der Waals surface area (Å²) in [6.07, 6.45) is 1.23. The highest BCUT2D eigenvalue weighted by molar-refractivity contribution is 5.74. The largest absolute Gasteiger partial charge is 0.396 e. The first kappa shape index (κ1) is 21.8. The van der Waals surface area contributed by atoms with Gasteiger partial charge in [-0.1, -0.05) is 61.2 Å². The lowest BCUT2D eigenvalue weighted by molar-refractivity contribution is -0.260. The molecule has 0 saturated carbocycles. The molecule has 0 aliphatic heterocycles. The lowest BCUT2D eigenvalue weighted by Gasteiger charge is -2.14. The first-order valence-corrected chi connectivity index (χ1v) is 10.0. The van der Waals surface area contributed by atoms with Crippen LogP contribution in [0.25, 0.3) is 22.3 Å². The van der Waals surface area contributed by atoms with Crippen molar-refractivity contribution in [2.45, 2.75) is 26.7 Å². The summed E-state index contributed by atoms with van der Waals surface area (Å²) < 4.78 is 14.5. The maximum Gasteiger partial charge on any atom is 0.132 e. The summed E-state index contributed by atoms with van der Waals surface area (Å²) in [6.45, 7) is 7.73. The summed E-state index contributed by atoms with van der Waals surface area (Å²) in [4.78, 5) is 10.2. The number of aliphatic hydroxyl groups excluding tert-OH is 1. The molecular weight excluding hydrogens is 379 g/mol. The van der Waals surface area contributed by atoms with Crippen molar-refractivity contribution in [1.29, 1.82) is 0 Å². The van der Waals surface area contributed by atoms with E-state index in [4.69, 9.17) is 14.9 Å². The summed E-state index contributed by atoms with van der Waals surface area (Å²) in [6, 6.07) is 19.4. The van der Waals surface area contributed by atoms with Crippen LogP contribution in [0.3, 0.4) is 0 Å². The second kappa shape index (κ2) is 10.2. The Morgan fingerprint density at radius 3 is 2.30 bits per heavy atom. The van der Waals surface area contributed by atoms with Gasteiger partial charge in [0.2, 0.25) is 0 Å². The highest BCUT2D eigenvalue weighted by Gasteiger charge is 2.11. The minimum Gasteiger partial charge on any atom is -0.396 e. The van der Waals surface area contributed by atoms with Crippen molar-refractivity contribution < 1.29 is 19.3 Å². The van der Waals surface area contributed by atoms with Gasteiger partial charge in [0.15, 0.2) is 0 Å². The number of hydrogen-bond acceptors (Lipinski definition) is 3. The Balaban J connectivity index is 1.94. The summed E-state index contributed by atoms with van der Waals surface area (Å²) >= 11 is 0.